The highest BCUT2D eigenvalue weighted by atomic mass is 16.5. The van der Waals surface area contributed by atoms with Crippen molar-refractivity contribution in [1.29, 1.82) is 0 Å². The van der Waals surface area contributed by atoms with Crippen LogP contribution in [0.25, 0.3) is 16.5 Å². The fraction of sp³-hybridized carbons (Fsp3) is 0.200. The molecule has 0 unspecified atom stereocenters. The Morgan fingerprint density at radius 2 is 1.70 bits per heavy atom. The van der Waals surface area contributed by atoms with Crippen LogP contribution < -0.4 is 19.8 Å². The zero-order valence-corrected chi connectivity index (χ0v) is 15.4. The molecule has 0 radical (unpaired) electrons. The Balaban J connectivity index is 2.07. The first-order chi connectivity index (χ1) is 13.0. The van der Waals surface area contributed by atoms with Crippen LogP contribution >= 0.6 is 0 Å². The Bertz CT molecular complexity index is 1090. The van der Waals surface area contributed by atoms with Gasteiger partial charge in [-0.1, -0.05) is 12.1 Å². The molecule has 0 bridgehead atoms. The molecule has 2 aromatic carbocycles. The van der Waals surface area contributed by atoms with Crippen LogP contribution in [0.4, 0.5) is 0 Å². The van der Waals surface area contributed by atoms with E-state index in [1.54, 1.807) is 43.3 Å². The van der Waals surface area contributed by atoms with Crippen molar-refractivity contribution in [3.8, 4) is 17.2 Å². The third-order valence-corrected chi connectivity index (χ3v) is 4.19. The SMILES string of the molecule is COc1ccc(/C(C)=C/C(=O)n2oc(=O)c3ccccc32)c(OC)c1OC. The molecule has 1 heterocycles. The number of methoxy groups -OCH3 is 3. The van der Waals surface area contributed by atoms with Gasteiger partial charge in [-0.2, -0.15) is 0 Å². The molecule has 0 aliphatic carbocycles. The van der Waals surface area contributed by atoms with E-state index < -0.39 is 11.5 Å². The van der Waals surface area contributed by atoms with E-state index in [9.17, 15) is 9.59 Å². The third kappa shape index (κ3) is 3.19. The van der Waals surface area contributed by atoms with E-state index in [1.807, 2.05) is 0 Å². The van der Waals surface area contributed by atoms with Crippen LogP contribution in [0.1, 0.15) is 17.3 Å². The Morgan fingerprint density at radius 1 is 1.00 bits per heavy atom. The van der Waals surface area contributed by atoms with E-state index in [4.69, 9.17) is 18.7 Å². The summed E-state index contributed by atoms with van der Waals surface area (Å²) >= 11 is 0. The highest BCUT2D eigenvalue weighted by Crippen LogP contribution is 2.42. The number of benzene rings is 2. The molecule has 0 spiro atoms. The maximum atomic E-state index is 12.7. The number of hydrogen-bond acceptors (Lipinski definition) is 6. The van der Waals surface area contributed by atoms with E-state index in [0.717, 1.165) is 4.74 Å². The molecular formula is C20H19NO6. The molecule has 0 saturated heterocycles. The fourth-order valence-corrected chi connectivity index (χ4v) is 2.90. The summed E-state index contributed by atoms with van der Waals surface area (Å²) in [6.45, 7) is 1.76. The summed E-state index contributed by atoms with van der Waals surface area (Å²) < 4.78 is 22.2. The predicted molar refractivity (Wildman–Crippen MR) is 101 cm³/mol. The molecule has 140 valence electrons. The number of ether oxygens (including phenoxy) is 3. The van der Waals surface area contributed by atoms with E-state index in [1.165, 1.54) is 27.4 Å². The van der Waals surface area contributed by atoms with Crippen molar-refractivity contribution < 1.29 is 23.5 Å². The predicted octanol–water partition coefficient (Wildman–Crippen LogP) is 3.36. The van der Waals surface area contributed by atoms with Gasteiger partial charge in [-0.05, 0) is 36.8 Å². The first-order valence-electron chi connectivity index (χ1n) is 8.14. The number of aromatic nitrogens is 1. The Hall–Kier alpha value is -3.48. The number of carbonyl (C=O) groups is 1. The van der Waals surface area contributed by atoms with Crippen LogP contribution in [0.5, 0.6) is 17.2 Å². The Morgan fingerprint density at radius 3 is 2.37 bits per heavy atom. The van der Waals surface area contributed by atoms with Gasteiger partial charge in [0.2, 0.25) is 5.75 Å². The van der Waals surface area contributed by atoms with Gasteiger partial charge < -0.3 is 18.7 Å². The number of nitrogens with zero attached hydrogens (tertiary/aromatic N) is 1. The average Bonchev–Trinajstić information content (AvgIpc) is 3.03. The number of rotatable bonds is 5. The van der Waals surface area contributed by atoms with Crippen molar-refractivity contribution in [3.63, 3.8) is 0 Å². The summed E-state index contributed by atoms with van der Waals surface area (Å²) in [5, 5.41) is 0.348. The molecule has 7 heteroatoms. The summed E-state index contributed by atoms with van der Waals surface area (Å²) in [4.78, 5) is 24.6. The van der Waals surface area contributed by atoms with Gasteiger partial charge >= 0.3 is 5.63 Å². The highest BCUT2D eigenvalue weighted by molar-refractivity contribution is 6.00. The molecule has 0 amide bonds. The van der Waals surface area contributed by atoms with Crippen molar-refractivity contribution in [3.05, 3.63) is 58.5 Å². The lowest BCUT2D eigenvalue weighted by molar-refractivity contribution is 0.0861. The Kier molecular flexibility index (Phi) is 5.03. The lowest BCUT2D eigenvalue weighted by Crippen LogP contribution is -2.07. The van der Waals surface area contributed by atoms with Crippen molar-refractivity contribution in [2.75, 3.05) is 21.3 Å². The molecule has 0 atom stereocenters. The average molecular weight is 369 g/mol. The molecular weight excluding hydrogens is 350 g/mol. The van der Waals surface area contributed by atoms with Crippen LogP contribution in [0.2, 0.25) is 0 Å². The van der Waals surface area contributed by atoms with Gasteiger partial charge in [0.15, 0.2) is 11.5 Å². The molecule has 0 fully saturated rings. The smallest absolute Gasteiger partial charge is 0.366 e. The largest absolute Gasteiger partial charge is 0.493 e. The van der Waals surface area contributed by atoms with Crippen molar-refractivity contribution in [1.82, 2.24) is 4.74 Å². The van der Waals surface area contributed by atoms with Gasteiger partial charge in [-0.3, -0.25) is 4.79 Å². The van der Waals surface area contributed by atoms with Crippen LogP contribution in [0.3, 0.4) is 0 Å². The third-order valence-electron chi connectivity index (χ3n) is 4.19. The van der Waals surface area contributed by atoms with Crippen LogP contribution in [0.15, 0.2) is 51.8 Å². The van der Waals surface area contributed by atoms with E-state index in [0.29, 0.717) is 39.3 Å². The second-order valence-electron chi connectivity index (χ2n) is 5.74. The minimum atomic E-state index is -0.561. The lowest BCUT2D eigenvalue weighted by Gasteiger charge is -2.16. The first-order valence-corrected chi connectivity index (χ1v) is 8.14. The molecule has 1 aromatic heterocycles. The minimum Gasteiger partial charge on any atom is -0.493 e. The summed E-state index contributed by atoms with van der Waals surface area (Å²) in [6.07, 6.45) is 1.37. The number of fused-ring (bicyclic) bond motifs is 1. The summed E-state index contributed by atoms with van der Waals surface area (Å²) in [6, 6.07) is 10.2. The van der Waals surface area contributed by atoms with Crippen molar-refractivity contribution >= 4 is 22.4 Å². The van der Waals surface area contributed by atoms with Crippen LogP contribution in [0, 0.1) is 0 Å². The maximum absolute atomic E-state index is 12.7. The number of hydrogen-bond donors (Lipinski definition) is 0. The summed E-state index contributed by atoms with van der Waals surface area (Å²) in [5.41, 5.74) is 1.12. The second-order valence-corrected chi connectivity index (χ2v) is 5.74. The van der Waals surface area contributed by atoms with Gasteiger partial charge in [-0.25, -0.2) is 4.79 Å². The van der Waals surface area contributed by atoms with E-state index >= 15 is 0 Å². The van der Waals surface area contributed by atoms with E-state index in [2.05, 4.69) is 0 Å². The zero-order valence-electron chi connectivity index (χ0n) is 15.4. The van der Waals surface area contributed by atoms with Gasteiger partial charge in [0, 0.05) is 11.6 Å². The van der Waals surface area contributed by atoms with Gasteiger partial charge in [-0.15, -0.1) is 4.74 Å². The molecule has 3 rings (SSSR count). The standard InChI is InChI=1S/C20H19NO6/c1-12(13-9-10-16(24-2)19(26-4)18(13)25-3)11-17(22)21-15-8-6-5-7-14(15)20(23)27-21/h5-11H,1-4H3/b12-11+. The normalized spacial score (nSPS) is 11.5. The van der Waals surface area contributed by atoms with Crippen LogP contribution in [-0.4, -0.2) is 32.0 Å². The fourth-order valence-electron chi connectivity index (χ4n) is 2.90. The highest BCUT2D eigenvalue weighted by Gasteiger charge is 2.18. The van der Waals surface area contributed by atoms with Gasteiger partial charge in [0.1, 0.15) is 0 Å². The topological polar surface area (TPSA) is 79.9 Å². The zero-order chi connectivity index (χ0) is 19.6. The number of allylic oxidation sites excluding steroid dienone is 2. The Labute approximate surface area is 155 Å². The van der Waals surface area contributed by atoms with Crippen molar-refractivity contribution in [2.24, 2.45) is 0 Å². The lowest BCUT2D eigenvalue weighted by atomic mass is 10.0. The molecule has 27 heavy (non-hydrogen) atoms. The minimum absolute atomic E-state index is 0.348. The summed E-state index contributed by atoms with van der Waals surface area (Å²) in [5.74, 6) is 0.898. The molecule has 3 aromatic rings. The van der Waals surface area contributed by atoms with Crippen molar-refractivity contribution in [2.45, 2.75) is 6.92 Å². The molecule has 0 aliphatic heterocycles. The van der Waals surface area contributed by atoms with Gasteiger partial charge in [0.25, 0.3) is 5.91 Å². The monoisotopic (exact) mass is 369 g/mol. The number of para-hydroxylation sites is 1. The first kappa shape index (κ1) is 18.3. The molecule has 0 aliphatic rings. The van der Waals surface area contributed by atoms with Crippen LogP contribution in [-0.2, 0) is 0 Å². The second kappa shape index (κ2) is 7.41. The summed E-state index contributed by atoms with van der Waals surface area (Å²) in [7, 11) is 4.55. The molecule has 0 N–H and O–H groups in total. The maximum Gasteiger partial charge on any atom is 0.366 e. The molecule has 0 saturated carbocycles. The van der Waals surface area contributed by atoms with Gasteiger partial charge in [0.05, 0.1) is 32.2 Å². The van der Waals surface area contributed by atoms with E-state index in [-0.39, 0.29) is 0 Å². The number of carbonyl (C=O) groups excluding carboxylic acids is 1. The molecule has 7 nitrogen and oxygen atoms in total. The quantitative estimate of drug-likeness (QED) is 0.642.